The van der Waals surface area contributed by atoms with Crippen LogP contribution in [0.1, 0.15) is 34.6 Å². The van der Waals surface area contributed by atoms with E-state index < -0.39 is 11.1 Å². The number of carbonyl (C=O) groups excluding carboxylic acids is 1. The van der Waals surface area contributed by atoms with Crippen LogP contribution >= 0.6 is 0 Å². The quantitative estimate of drug-likeness (QED) is 0.761. The number of rotatable bonds is 2. The summed E-state index contributed by atoms with van der Waals surface area (Å²) in [5.41, 5.74) is 0. The van der Waals surface area contributed by atoms with E-state index in [2.05, 4.69) is 13.8 Å². The second-order valence-corrected chi connectivity index (χ2v) is 6.41. The summed E-state index contributed by atoms with van der Waals surface area (Å²) in [7, 11) is 0. The van der Waals surface area contributed by atoms with Crippen LogP contribution in [-0.2, 0) is 15.9 Å². The van der Waals surface area contributed by atoms with Crippen LogP contribution in [0.15, 0.2) is 0 Å². The first kappa shape index (κ1) is 13.8. The van der Waals surface area contributed by atoms with E-state index in [1.54, 1.807) is 6.92 Å². The number of hydrogen-bond acceptors (Lipinski definition) is 2. The fourth-order valence-electron chi connectivity index (χ4n) is 3.37. The van der Waals surface area contributed by atoms with Crippen molar-refractivity contribution < 1.29 is 13.6 Å². The Kier molecular flexibility index (Phi) is 4.29. The highest BCUT2D eigenvalue weighted by Gasteiger charge is 2.47. The van der Waals surface area contributed by atoms with E-state index in [-0.39, 0.29) is 28.8 Å². The van der Waals surface area contributed by atoms with Gasteiger partial charge in [0, 0.05) is 5.92 Å². The summed E-state index contributed by atoms with van der Waals surface area (Å²) in [5.74, 6) is 0.853. The molecule has 94 valence electrons. The molecular formula is C12H22O3S. The summed E-state index contributed by atoms with van der Waals surface area (Å²) >= 11 is -1.84. The normalized spacial score (nSPS) is 46.4. The predicted octanol–water partition coefficient (Wildman–Crippen LogP) is 2.34. The molecule has 1 aliphatic carbocycles. The lowest BCUT2D eigenvalue weighted by Crippen LogP contribution is -2.49. The molecule has 1 aliphatic rings. The van der Waals surface area contributed by atoms with Crippen LogP contribution in [0.25, 0.3) is 0 Å². The zero-order valence-electron chi connectivity index (χ0n) is 10.6. The van der Waals surface area contributed by atoms with Gasteiger partial charge in [-0.3, -0.25) is 4.79 Å². The maximum absolute atomic E-state index is 11.7. The lowest BCUT2D eigenvalue weighted by molar-refractivity contribution is -0.126. The molecule has 0 bridgehead atoms. The molecule has 0 amide bonds. The van der Waals surface area contributed by atoms with Crippen LogP contribution in [0.3, 0.4) is 0 Å². The molecule has 4 heteroatoms. The SMILES string of the molecule is CC(=O)C1C(C)C(C)C(C)C(S(=O)O)C1C. The van der Waals surface area contributed by atoms with Gasteiger partial charge < -0.3 is 4.55 Å². The lowest BCUT2D eigenvalue weighted by atomic mass is 9.62. The van der Waals surface area contributed by atoms with Gasteiger partial charge in [-0.15, -0.1) is 0 Å². The number of carbonyl (C=O) groups is 1. The first-order valence-electron chi connectivity index (χ1n) is 5.89. The Bertz CT molecular complexity index is 275. The van der Waals surface area contributed by atoms with Crippen LogP contribution in [0.4, 0.5) is 0 Å². The van der Waals surface area contributed by atoms with Gasteiger partial charge in [-0.1, -0.05) is 27.7 Å². The van der Waals surface area contributed by atoms with Crippen molar-refractivity contribution in [2.45, 2.75) is 39.9 Å². The van der Waals surface area contributed by atoms with E-state index in [9.17, 15) is 13.6 Å². The second-order valence-electron chi connectivity index (χ2n) is 5.31. The molecule has 7 atom stereocenters. The molecule has 7 unspecified atom stereocenters. The third kappa shape index (κ3) is 2.23. The fraction of sp³-hybridized carbons (Fsp3) is 0.917. The average Bonchev–Trinajstić information content (AvgIpc) is 2.13. The molecule has 0 aromatic rings. The highest BCUT2D eigenvalue weighted by molar-refractivity contribution is 7.79. The van der Waals surface area contributed by atoms with Crippen LogP contribution in [0, 0.1) is 29.6 Å². The molecular weight excluding hydrogens is 224 g/mol. The van der Waals surface area contributed by atoms with Crippen LogP contribution in [-0.4, -0.2) is 19.8 Å². The van der Waals surface area contributed by atoms with Crippen LogP contribution in [0.5, 0.6) is 0 Å². The van der Waals surface area contributed by atoms with Crippen molar-refractivity contribution in [2.75, 3.05) is 0 Å². The van der Waals surface area contributed by atoms with Gasteiger partial charge in [0.25, 0.3) is 0 Å². The number of ketones is 1. The Morgan fingerprint density at radius 2 is 1.50 bits per heavy atom. The van der Waals surface area contributed by atoms with Gasteiger partial charge in [-0.05, 0) is 30.6 Å². The van der Waals surface area contributed by atoms with Gasteiger partial charge >= 0.3 is 0 Å². The van der Waals surface area contributed by atoms with Gasteiger partial charge in [0.05, 0.1) is 5.25 Å². The summed E-state index contributed by atoms with van der Waals surface area (Å²) in [6, 6.07) is 0. The van der Waals surface area contributed by atoms with Gasteiger partial charge in [-0.25, -0.2) is 4.21 Å². The Balaban J connectivity index is 3.07. The zero-order valence-corrected chi connectivity index (χ0v) is 11.5. The smallest absolute Gasteiger partial charge is 0.156 e. The average molecular weight is 246 g/mol. The molecule has 1 fully saturated rings. The Labute approximate surface area is 100 Å². The highest BCUT2D eigenvalue weighted by atomic mass is 32.2. The molecule has 16 heavy (non-hydrogen) atoms. The molecule has 1 N–H and O–H groups in total. The maximum Gasteiger partial charge on any atom is 0.156 e. The first-order chi connectivity index (χ1) is 7.29. The van der Waals surface area contributed by atoms with Crippen molar-refractivity contribution in [3.63, 3.8) is 0 Å². The molecule has 0 heterocycles. The molecule has 0 aromatic heterocycles. The summed E-state index contributed by atoms with van der Waals surface area (Å²) in [5, 5.41) is -0.278. The monoisotopic (exact) mass is 246 g/mol. The maximum atomic E-state index is 11.7. The fourth-order valence-corrected chi connectivity index (χ4v) is 4.53. The van der Waals surface area contributed by atoms with Crippen molar-refractivity contribution in [1.82, 2.24) is 0 Å². The minimum Gasteiger partial charge on any atom is -0.306 e. The van der Waals surface area contributed by atoms with E-state index in [1.807, 2.05) is 13.8 Å². The van der Waals surface area contributed by atoms with Crippen molar-refractivity contribution >= 4 is 16.9 Å². The Morgan fingerprint density at radius 1 is 1.00 bits per heavy atom. The summed E-state index contributed by atoms with van der Waals surface area (Å²) < 4.78 is 20.8. The van der Waals surface area contributed by atoms with Crippen molar-refractivity contribution in [3.05, 3.63) is 0 Å². The molecule has 1 rings (SSSR count). The van der Waals surface area contributed by atoms with Crippen molar-refractivity contribution in [2.24, 2.45) is 29.6 Å². The summed E-state index contributed by atoms with van der Waals surface area (Å²) in [6.45, 7) is 9.71. The minimum absolute atomic E-state index is 0.00969. The molecule has 0 aliphatic heterocycles. The van der Waals surface area contributed by atoms with E-state index >= 15 is 0 Å². The van der Waals surface area contributed by atoms with Crippen molar-refractivity contribution in [3.8, 4) is 0 Å². The molecule has 0 saturated heterocycles. The topological polar surface area (TPSA) is 54.4 Å². The lowest BCUT2D eigenvalue weighted by Gasteiger charge is -2.45. The number of Topliss-reactive ketones (excluding diaryl/α,β-unsaturated/α-hetero) is 1. The second kappa shape index (κ2) is 4.96. The standard InChI is InChI=1S/C12H22O3S/c1-6-7(2)11(10(5)13)9(4)12(8(6)3)16(14)15/h6-9,11-12H,1-5H3,(H,14,15). The molecule has 3 nitrogen and oxygen atoms in total. The van der Waals surface area contributed by atoms with Gasteiger partial charge in [-0.2, -0.15) is 0 Å². The summed E-state index contributed by atoms with van der Waals surface area (Å²) in [6.07, 6.45) is 0. The Morgan fingerprint density at radius 3 is 1.88 bits per heavy atom. The predicted molar refractivity (Wildman–Crippen MR) is 65.4 cm³/mol. The largest absolute Gasteiger partial charge is 0.306 e. The van der Waals surface area contributed by atoms with Crippen LogP contribution < -0.4 is 0 Å². The Hall–Kier alpha value is -0.220. The first-order valence-corrected chi connectivity index (χ1v) is 7.06. The third-order valence-corrected chi connectivity index (χ3v) is 5.85. The molecule has 0 aromatic carbocycles. The molecule has 1 saturated carbocycles. The van der Waals surface area contributed by atoms with E-state index in [4.69, 9.17) is 0 Å². The highest BCUT2D eigenvalue weighted by Crippen LogP contribution is 2.44. The number of hydrogen-bond donors (Lipinski definition) is 1. The van der Waals surface area contributed by atoms with E-state index in [1.165, 1.54) is 0 Å². The van der Waals surface area contributed by atoms with Gasteiger partial charge in [0.15, 0.2) is 11.1 Å². The van der Waals surface area contributed by atoms with Gasteiger partial charge in [0.1, 0.15) is 5.78 Å². The van der Waals surface area contributed by atoms with Gasteiger partial charge in [0.2, 0.25) is 0 Å². The third-order valence-electron chi connectivity index (χ3n) is 4.53. The molecule has 0 radical (unpaired) electrons. The zero-order chi connectivity index (χ0) is 12.6. The van der Waals surface area contributed by atoms with E-state index in [0.717, 1.165) is 0 Å². The molecule has 0 spiro atoms. The van der Waals surface area contributed by atoms with Crippen molar-refractivity contribution in [1.29, 1.82) is 0 Å². The van der Waals surface area contributed by atoms with E-state index in [0.29, 0.717) is 11.8 Å². The summed E-state index contributed by atoms with van der Waals surface area (Å²) in [4.78, 5) is 11.7. The van der Waals surface area contributed by atoms with Crippen LogP contribution in [0.2, 0.25) is 0 Å². The minimum atomic E-state index is -1.84.